The van der Waals surface area contributed by atoms with Gasteiger partial charge in [0.05, 0.1) is 10.9 Å². The molecular formula is C15H11F4NOS. The maximum atomic E-state index is 13.4. The number of rotatable bonds is 4. The summed E-state index contributed by atoms with van der Waals surface area (Å²) in [4.78, 5) is 12.3. The van der Waals surface area contributed by atoms with Crippen molar-refractivity contribution in [1.29, 1.82) is 0 Å². The average molecular weight is 329 g/mol. The van der Waals surface area contributed by atoms with E-state index in [1.165, 1.54) is 13.0 Å². The van der Waals surface area contributed by atoms with Crippen molar-refractivity contribution in [2.75, 3.05) is 5.32 Å². The van der Waals surface area contributed by atoms with Crippen molar-refractivity contribution < 1.29 is 22.4 Å². The predicted octanol–water partition coefficient (Wildman–Crippen LogP) is 4.36. The minimum Gasteiger partial charge on any atom is -0.323 e. The molecule has 0 bridgehead atoms. The van der Waals surface area contributed by atoms with Gasteiger partial charge in [-0.1, -0.05) is 0 Å². The van der Waals surface area contributed by atoms with Crippen molar-refractivity contribution in [3.8, 4) is 0 Å². The lowest BCUT2D eigenvalue weighted by molar-refractivity contribution is -0.115. The molecule has 2 rings (SSSR count). The molecule has 0 fully saturated rings. The van der Waals surface area contributed by atoms with Crippen molar-refractivity contribution in [2.45, 2.75) is 17.1 Å². The monoisotopic (exact) mass is 329 g/mol. The van der Waals surface area contributed by atoms with Crippen molar-refractivity contribution >= 4 is 23.4 Å². The molecule has 22 heavy (non-hydrogen) atoms. The lowest BCUT2D eigenvalue weighted by atomic mass is 10.3. The van der Waals surface area contributed by atoms with Gasteiger partial charge >= 0.3 is 0 Å². The van der Waals surface area contributed by atoms with Crippen LogP contribution in [0.3, 0.4) is 0 Å². The number of halogens is 4. The van der Waals surface area contributed by atoms with E-state index >= 15 is 0 Å². The van der Waals surface area contributed by atoms with Crippen LogP contribution < -0.4 is 5.32 Å². The number of benzene rings is 2. The summed E-state index contributed by atoms with van der Waals surface area (Å²) in [5.41, 5.74) is -0.275. The summed E-state index contributed by atoms with van der Waals surface area (Å²) in [6.45, 7) is 1.51. The third-order valence-electron chi connectivity index (χ3n) is 2.76. The second kappa shape index (κ2) is 6.83. The largest absolute Gasteiger partial charge is 0.323 e. The zero-order valence-corrected chi connectivity index (χ0v) is 12.2. The standard InChI is InChI=1S/C15H11F4NOS/c1-8(22-10-3-5-11(17)13(19)7-10)15(21)20-14-6-9(16)2-4-12(14)18/h2-8H,1H3,(H,20,21). The summed E-state index contributed by atoms with van der Waals surface area (Å²) < 4.78 is 52.4. The van der Waals surface area contributed by atoms with Crippen LogP contribution in [0.1, 0.15) is 6.92 Å². The van der Waals surface area contributed by atoms with E-state index in [-0.39, 0.29) is 5.69 Å². The highest BCUT2D eigenvalue weighted by atomic mass is 32.2. The SMILES string of the molecule is CC(Sc1ccc(F)c(F)c1)C(=O)Nc1cc(F)ccc1F. The highest BCUT2D eigenvalue weighted by Crippen LogP contribution is 2.26. The van der Waals surface area contributed by atoms with Gasteiger partial charge in [0, 0.05) is 11.0 Å². The van der Waals surface area contributed by atoms with Gasteiger partial charge in [0.2, 0.25) is 5.91 Å². The second-order valence-electron chi connectivity index (χ2n) is 4.45. The Kier molecular flexibility index (Phi) is 5.07. The topological polar surface area (TPSA) is 29.1 Å². The number of anilines is 1. The smallest absolute Gasteiger partial charge is 0.237 e. The minimum atomic E-state index is -1.02. The van der Waals surface area contributed by atoms with Crippen molar-refractivity contribution in [3.05, 3.63) is 59.7 Å². The summed E-state index contributed by atoms with van der Waals surface area (Å²) in [6.07, 6.45) is 0. The molecule has 0 aliphatic rings. The number of thioether (sulfide) groups is 1. The Morgan fingerprint density at radius 1 is 1.00 bits per heavy atom. The summed E-state index contributed by atoms with van der Waals surface area (Å²) in [5.74, 6) is -4.03. The van der Waals surface area contributed by atoms with Gasteiger partial charge in [-0.3, -0.25) is 4.79 Å². The summed E-state index contributed by atoms with van der Waals surface area (Å²) >= 11 is 0.969. The van der Waals surface area contributed by atoms with E-state index in [4.69, 9.17) is 0 Å². The molecule has 116 valence electrons. The van der Waals surface area contributed by atoms with E-state index in [1.807, 2.05) is 0 Å². The van der Waals surface area contributed by atoms with E-state index in [0.29, 0.717) is 4.90 Å². The predicted molar refractivity (Wildman–Crippen MR) is 76.7 cm³/mol. The molecule has 0 saturated heterocycles. The fourth-order valence-corrected chi connectivity index (χ4v) is 2.53. The van der Waals surface area contributed by atoms with Crippen LogP contribution in [0.2, 0.25) is 0 Å². The van der Waals surface area contributed by atoms with Crippen LogP contribution in [-0.2, 0) is 4.79 Å². The number of carbonyl (C=O) groups excluding carboxylic acids is 1. The lowest BCUT2D eigenvalue weighted by Crippen LogP contribution is -2.23. The summed E-state index contributed by atoms with van der Waals surface area (Å²) in [6, 6.07) is 5.95. The third-order valence-corrected chi connectivity index (χ3v) is 3.85. The van der Waals surface area contributed by atoms with Crippen LogP contribution in [0, 0.1) is 23.3 Å². The molecule has 0 aromatic heterocycles. The van der Waals surface area contributed by atoms with Crippen LogP contribution in [0.4, 0.5) is 23.2 Å². The molecule has 1 atom stereocenters. The molecule has 0 aliphatic carbocycles. The molecule has 0 heterocycles. The fraction of sp³-hybridized carbons (Fsp3) is 0.133. The first-order valence-electron chi connectivity index (χ1n) is 6.24. The fourth-order valence-electron chi connectivity index (χ4n) is 1.64. The van der Waals surface area contributed by atoms with Gasteiger partial charge in [-0.25, -0.2) is 17.6 Å². The minimum absolute atomic E-state index is 0.275. The first-order valence-corrected chi connectivity index (χ1v) is 7.12. The molecule has 2 nitrogen and oxygen atoms in total. The number of hydrogen-bond acceptors (Lipinski definition) is 2. The number of carbonyl (C=O) groups is 1. The first kappa shape index (κ1) is 16.4. The Labute approximate surface area is 128 Å². The molecule has 0 spiro atoms. The number of amides is 1. The van der Waals surface area contributed by atoms with Crippen LogP contribution in [-0.4, -0.2) is 11.2 Å². The van der Waals surface area contributed by atoms with Crippen LogP contribution >= 0.6 is 11.8 Å². The molecule has 1 N–H and O–H groups in total. The zero-order chi connectivity index (χ0) is 16.3. The normalized spacial score (nSPS) is 12.0. The lowest BCUT2D eigenvalue weighted by Gasteiger charge is -2.12. The molecule has 0 radical (unpaired) electrons. The summed E-state index contributed by atoms with van der Waals surface area (Å²) in [5, 5.41) is 1.54. The average Bonchev–Trinajstić information content (AvgIpc) is 2.46. The number of hydrogen-bond donors (Lipinski definition) is 1. The van der Waals surface area contributed by atoms with E-state index in [1.54, 1.807) is 0 Å². The maximum Gasteiger partial charge on any atom is 0.237 e. The Hall–Kier alpha value is -2.02. The van der Waals surface area contributed by atoms with E-state index < -0.39 is 34.4 Å². The van der Waals surface area contributed by atoms with Crippen molar-refractivity contribution in [1.82, 2.24) is 0 Å². The highest BCUT2D eigenvalue weighted by Gasteiger charge is 2.17. The van der Waals surface area contributed by atoms with E-state index in [0.717, 1.165) is 42.1 Å². The van der Waals surface area contributed by atoms with Gasteiger partial charge in [-0.15, -0.1) is 11.8 Å². The molecule has 7 heteroatoms. The third kappa shape index (κ3) is 4.00. The van der Waals surface area contributed by atoms with E-state index in [2.05, 4.69) is 5.32 Å². The van der Waals surface area contributed by atoms with Crippen LogP contribution in [0.25, 0.3) is 0 Å². The maximum absolute atomic E-state index is 13.4. The Balaban J connectivity index is 2.05. The summed E-state index contributed by atoms with van der Waals surface area (Å²) in [7, 11) is 0. The van der Waals surface area contributed by atoms with Gasteiger partial charge in [-0.2, -0.15) is 0 Å². The highest BCUT2D eigenvalue weighted by molar-refractivity contribution is 8.00. The van der Waals surface area contributed by atoms with Crippen molar-refractivity contribution in [3.63, 3.8) is 0 Å². The molecule has 2 aromatic carbocycles. The number of nitrogens with one attached hydrogen (secondary N) is 1. The van der Waals surface area contributed by atoms with Gasteiger partial charge in [0.25, 0.3) is 0 Å². The van der Waals surface area contributed by atoms with Crippen LogP contribution in [0.15, 0.2) is 41.3 Å². The van der Waals surface area contributed by atoms with Crippen LogP contribution in [0.5, 0.6) is 0 Å². The Morgan fingerprint density at radius 2 is 1.68 bits per heavy atom. The molecule has 0 aliphatic heterocycles. The van der Waals surface area contributed by atoms with Crippen molar-refractivity contribution in [2.24, 2.45) is 0 Å². The van der Waals surface area contributed by atoms with E-state index in [9.17, 15) is 22.4 Å². The second-order valence-corrected chi connectivity index (χ2v) is 5.86. The Bertz CT molecular complexity index is 708. The van der Waals surface area contributed by atoms with Gasteiger partial charge in [0.15, 0.2) is 11.6 Å². The van der Waals surface area contributed by atoms with Gasteiger partial charge < -0.3 is 5.32 Å². The molecule has 0 saturated carbocycles. The van der Waals surface area contributed by atoms with Gasteiger partial charge in [-0.05, 0) is 37.3 Å². The first-order chi connectivity index (χ1) is 10.4. The molecular weight excluding hydrogens is 318 g/mol. The Morgan fingerprint density at radius 3 is 2.36 bits per heavy atom. The molecule has 1 amide bonds. The molecule has 1 unspecified atom stereocenters. The van der Waals surface area contributed by atoms with Gasteiger partial charge in [0.1, 0.15) is 11.6 Å². The molecule has 2 aromatic rings. The zero-order valence-electron chi connectivity index (χ0n) is 11.4. The quantitative estimate of drug-likeness (QED) is 0.667.